The van der Waals surface area contributed by atoms with Gasteiger partial charge in [0.25, 0.3) is 0 Å². The number of halogens is 1. The first-order valence-electron chi connectivity index (χ1n) is 8.10. The molecule has 6 aliphatic carbocycles. The molecule has 0 aliphatic heterocycles. The molecule has 0 N–H and O–H groups in total. The highest BCUT2D eigenvalue weighted by molar-refractivity contribution is 5.85. The molecule has 0 aromatic carbocycles. The third kappa shape index (κ3) is 0.861. The third-order valence-electron chi connectivity index (χ3n) is 7.94. The number of rotatable bonds is 3. The lowest BCUT2D eigenvalue weighted by molar-refractivity contribution is -0.0418. The van der Waals surface area contributed by atoms with E-state index in [9.17, 15) is 0 Å². The van der Waals surface area contributed by atoms with Crippen LogP contribution in [-0.2, 0) is 0 Å². The SMILES string of the molecule is CCN(CC)C12C3[C@H]4CC[C@@H]1[C@H]4[C@@H]1[C@H]3CC[C@@H]12.Cl. The second kappa shape index (κ2) is 3.47. The van der Waals surface area contributed by atoms with Crippen LogP contribution in [0.15, 0.2) is 0 Å². The molecule has 102 valence electrons. The predicted octanol–water partition coefficient (Wildman–Crippen LogP) is 3.43. The number of hydrogen-bond donors (Lipinski definition) is 0. The van der Waals surface area contributed by atoms with Crippen LogP contribution in [-0.4, -0.2) is 23.5 Å². The zero-order valence-electron chi connectivity index (χ0n) is 11.6. The van der Waals surface area contributed by atoms with Crippen molar-refractivity contribution in [3.05, 3.63) is 0 Å². The summed E-state index contributed by atoms with van der Waals surface area (Å²) in [6.45, 7) is 7.42. The second-order valence-corrected chi connectivity index (χ2v) is 7.44. The van der Waals surface area contributed by atoms with E-state index in [0.29, 0.717) is 0 Å². The third-order valence-corrected chi connectivity index (χ3v) is 7.94. The van der Waals surface area contributed by atoms with Crippen molar-refractivity contribution in [2.75, 3.05) is 13.1 Å². The van der Waals surface area contributed by atoms with E-state index in [2.05, 4.69) is 18.7 Å². The van der Waals surface area contributed by atoms with Crippen LogP contribution >= 0.6 is 12.4 Å². The highest BCUT2D eigenvalue weighted by Crippen LogP contribution is 2.85. The van der Waals surface area contributed by atoms with Gasteiger partial charge in [0.1, 0.15) is 0 Å². The monoisotopic (exact) mass is 267 g/mol. The van der Waals surface area contributed by atoms with Crippen molar-refractivity contribution < 1.29 is 0 Å². The van der Waals surface area contributed by atoms with Gasteiger partial charge in [-0.1, -0.05) is 13.8 Å². The molecule has 0 heterocycles. The molecular weight excluding hydrogens is 242 g/mol. The topological polar surface area (TPSA) is 3.24 Å². The normalized spacial score (nSPS) is 61.2. The maximum Gasteiger partial charge on any atom is 0.0304 e. The highest BCUT2D eigenvalue weighted by Gasteiger charge is 2.84. The lowest BCUT2D eigenvalue weighted by atomic mass is 9.64. The Hall–Kier alpha value is 0.250. The zero-order valence-corrected chi connectivity index (χ0v) is 12.5. The molecule has 6 rings (SSSR count). The molecule has 6 saturated carbocycles. The Morgan fingerprint density at radius 3 is 1.83 bits per heavy atom. The van der Waals surface area contributed by atoms with Crippen LogP contribution in [0.4, 0.5) is 0 Å². The van der Waals surface area contributed by atoms with Gasteiger partial charge in [-0.05, 0) is 80.2 Å². The zero-order chi connectivity index (χ0) is 11.4. The van der Waals surface area contributed by atoms with Crippen LogP contribution in [0.2, 0.25) is 0 Å². The molecule has 0 spiro atoms. The fourth-order valence-electron chi connectivity index (χ4n) is 8.36. The minimum Gasteiger partial charge on any atom is -0.297 e. The summed E-state index contributed by atoms with van der Waals surface area (Å²) in [5.41, 5.74) is 0.727. The maximum atomic E-state index is 2.93. The predicted molar refractivity (Wildman–Crippen MR) is 75.8 cm³/mol. The largest absolute Gasteiger partial charge is 0.297 e. The maximum absolute atomic E-state index is 2.93. The second-order valence-electron chi connectivity index (χ2n) is 7.44. The summed E-state index contributed by atoms with van der Waals surface area (Å²) >= 11 is 0. The van der Waals surface area contributed by atoms with Gasteiger partial charge >= 0.3 is 0 Å². The summed E-state index contributed by atoms with van der Waals surface area (Å²) in [6, 6.07) is 0. The molecule has 8 atom stereocenters. The molecule has 2 unspecified atom stereocenters. The van der Waals surface area contributed by atoms with Gasteiger partial charge in [0.15, 0.2) is 0 Å². The van der Waals surface area contributed by atoms with E-state index in [0.717, 1.165) is 23.3 Å². The molecule has 0 aromatic heterocycles. The molecular formula is C16H26ClN. The summed E-state index contributed by atoms with van der Waals surface area (Å²) in [6.07, 6.45) is 6.37. The van der Waals surface area contributed by atoms with Gasteiger partial charge in [0.05, 0.1) is 0 Å². The molecule has 0 aromatic rings. The molecule has 6 aliphatic rings. The van der Waals surface area contributed by atoms with Crippen molar-refractivity contribution in [1.29, 1.82) is 0 Å². The molecule has 0 amide bonds. The first-order chi connectivity index (χ1) is 8.35. The average Bonchev–Trinajstić information content (AvgIpc) is 3.10. The Balaban J connectivity index is 0.000000882. The smallest absolute Gasteiger partial charge is 0.0304 e. The lowest BCUT2D eigenvalue weighted by Crippen LogP contribution is -2.60. The van der Waals surface area contributed by atoms with Crippen molar-refractivity contribution in [2.45, 2.75) is 45.1 Å². The molecule has 8 bridgehead atoms. The van der Waals surface area contributed by atoms with E-state index >= 15 is 0 Å². The van der Waals surface area contributed by atoms with Crippen LogP contribution in [0.3, 0.4) is 0 Å². The van der Waals surface area contributed by atoms with Gasteiger partial charge in [-0.3, -0.25) is 4.90 Å². The Morgan fingerprint density at radius 2 is 1.39 bits per heavy atom. The fraction of sp³-hybridized carbons (Fsp3) is 1.00. The van der Waals surface area contributed by atoms with E-state index in [1.165, 1.54) is 36.8 Å². The molecule has 1 nitrogen and oxygen atoms in total. The van der Waals surface area contributed by atoms with Crippen molar-refractivity contribution >= 4 is 12.4 Å². The minimum absolute atomic E-state index is 0. The summed E-state index contributed by atoms with van der Waals surface area (Å²) in [5.74, 6) is 8.14. The first kappa shape index (κ1) is 12.0. The number of nitrogens with zero attached hydrogens (tertiary/aromatic N) is 1. The molecule has 0 radical (unpaired) electrons. The molecule has 0 saturated heterocycles. The van der Waals surface area contributed by atoms with Crippen molar-refractivity contribution in [2.24, 2.45) is 41.4 Å². The quantitative estimate of drug-likeness (QED) is 0.757. The standard InChI is InChI=1S/C16H25N.ClH/c1-3-17(4-2)16-11-7-5-9-13(11)14-10(15(9)16)6-8-12(14)16;/h9-15H,3-8H2,1-2H3;1H/t9-,10+,11+,12-,13-,14+,15?,16?;. The first-order valence-corrected chi connectivity index (χ1v) is 8.10. The van der Waals surface area contributed by atoms with Crippen LogP contribution in [0.5, 0.6) is 0 Å². The van der Waals surface area contributed by atoms with Gasteiger partial charge in [0.2, 0.25) is 0 Å². The van der Waals surface area contributed by atoms with Crippen LogP contribution in [0.25, 0.3) is 0 Å². The van der Waals surface area contributed by atoms with Crippen molar-refractivity contribution in [1.82, 2.24) is 4.90 Å². The van der Waals surface area contributed by atoms with Crippen LogP contribution in [0, 0.1) is 41.4 Å². The lowest BCUT2D eigenvalue weighted by Gasteiger charge is -2.53. The molecule has 6 fully saturated rings. The Labute approximate surface area is 117 Å². The van der Waals surface area contributed by atoms with E-state index in [4.69, 9.17) is 0 Å². The van der Waals surface area contributed by atoms with Crippen LogP contribution < -0.4 is 0 Å². The van der Waals surface area contributed by atoms with E-state index in [1.807, 2.05) is 0 Å². The average molecular weight is 268 g/mol. The van der Waals surface area contributed by atoms with E-state index in [1.54, 1.807) is 25.7 Å². The summed E-state index contributed by atoms with van der Waals surface area (Å²) in [4.78, 5) is 2.93. The van der Waals surface area contributed by atoms with Gasteiger partial charge < -0.3 is 0 Å². The Bertz CT molecular complexity index is 351. The van der Waals surface area contributed by atoms with Gasteiger partial charge in [-0.2, -0.15) is 0 Å². The minimum atomic E-state index is 0. The summed E-state index contributed by atoms with van der Waals surface area (Å²) < 4.78 is 0. The van der Waals surface area contributed by atoms with Gasteiger partial charge in [-0.15, -0.1) is 12.4 Å². The highest BCUT2D eigenvalue weighted by atomic mass is 35.5. The van der Waals surface area contributed by atoms with Gasteiger partial charge in [0, 0.05) is 5.54 Å². The van der Waals surface area contributed by atoms with E-state index < -0.39 is 0 Å². The Kier molecular flexibility index (Phi) is 2.32. The number of hydrogen-bond acceptors (Lipinski definition) is 1. The van der Waals surface area contributed by atoms with Gasteiger partial charge in [-0.25, -0.2) is 0 Å². The van der Waals surface area contributed by atoms with Crippen molar-refractivity contribution in [3.8, 4) is 0 Å². The molecule has 2 heteroatoms. The Morgan fingerprint density at radius 1 is 0.889 bits per heavy atom. The summed E-state index contributed by atoms with van der Waals surface area (Å²) in [7, 11) is 0. The summed E-state index contributed by atoms with van der Waals surface area (Å²) in [5, 5.41) is 0. The van der Waals surface area contributed by atoms with Crippen LogP contribution in [0.1, 0.15) is 39.5 Å². The van der Waals surface area contributed by atoms with E-state index in [-0.39, 0.29) is 12.4 Å². The van der Waals surface area contributed by atoms with Crippen molar-refractivity contribution in [3.63, 3.8) is 0 Å². The fourth-order valence-corrected chi connectivity index (χ4v) is 8.36. The molecule has 18 heavy (non-hydrogen) atoms.